The summed E-state index contributed by atoms with van der Waals surface area (Å²) in [6.07, 6.45) is 0.800. The molecule has 1 fully saturated rings. The van der Waals surface area contributed by atoms with E-state index in [2.05, 4.69) is 72.8 Å². The maximum absolute atomic E-state index is 12.7. The van der Waals surface area contributed by atoms with Gasteiger partial charge in [0.15, 0.2) is 0 Å². The first-order chi connectivity index (χ1) is 13.8. The van der Waals surface area contributed by atoms with Crippen LogP contribution in [-0.2, 0) is 4.74 Å². The summed E-state index contributed by atoms with van der Waals surface area (Å²) in [6, 6.07) is 27.3. The van der Waals surface area contributed by atoms with Gasteiger partial charge in [-0.2, -0.15) is 0 Å². The van der Waals surface area contributed by atoms with Crippen LogP contribution < -0.4 is 0 Å². The van der Waals surface area contributed by atoms with E-state index < -0.39 is 0 Å². The van der Waals surface area contributed by atoms with Gasteiger partial charge in [0.2, 0.25) is 0 Å². The molecule has 1 aliphatic carbocycles. The molecule has 140 valence electrons. The molecule has 1 heterocycles. The smallest absolute Gasteiger partial charge is 0.409 e. The van der Waals surface area contributed by atoms with E-state index in [1.165, 1.54) is 27.8 Å². The van der Waals surface area contributed by atoms with Crippen LogP contribution in [0.4, 0.5) is 4.79 Å². The number of benzene rings is 3. The van der Waals surface area contributed by atoms with Crippen molar-refractivity contribution in [1.82, 2.24) is 4.90 Å². The minimum atomic E-state index is -0.194. The Morgan fingerprint density at radius 3 is 2.14 bits per heavy atom. The molecule has 1 unspecified atom stereocenters. The molecule has 3 nitrogen and oxygen atoms in total. The fourth-order valence-electron chi connectivity index (χ4n) is 4.61. The summed E-state index contributed by atoms with van der Waals surface area (Å²) in [6.45, 7) is 1.89. The third-order valence-corrected chi connectivity index (χ3v) is 6.05. The van der Waals surface area contributed by atoms with Crippen LogP contribution in [0.5, 0.6) is 0 Å². The van der Waals surface area contributed by atoms with Gasteiger partial charge in [0, 0.05) is 24.9 Å². The molecule has 1 saturated heterocycles. The predicted molar refractivity (Wildman–Crippen MR) is 110 cm³/mol. The summed E-state index contributed by atoms with van der Waals surface area (Å²) in [4.78, 5) is 14.6. The van der Waals surface area contributed by atoms with E-state index in [4.69, 9.17) is 4.74 Å². The molecule has 2 aliphatic rings. The zero-order chi connectivity index (χ0) is 18.9. The maximum Gasteiger partial charge on any atom is 0.409 e. The number of rotatable bonds is 3. The van der Waals surface area contributed by atoms with Gasteiger partial charge < -0.3 is 9.64 Å². The second-order valence-electron chi connectivity index (χ2n) is 7.65. The van der Waals surface area contributed by atoms with Crippen LogP contribution in [-0.4, -0.2) is 30.7 Å². The zero-order valence-corrected chi connectivity index (χ0v) is 15.8. The topological polar surface area (TPSA) is 29.5 Å². The lowest BCUT2D eigenvalue weighted by Crippen LogP contribution is -2.30. The molecule has 0 bridgehead atoms. The highest BCUT2D eigenvalue weighted by Gasteiger charge is 2.32. The quantitative estimate of drug-likeness (QED) is 0.616. The fraction of sp³-hybridized carbons (Fsp3) is 0.240. The highest BCUT2D eigenvalue weighted by atomic mass is 16.6. The molecule has 3 heteroatoms. The molecule has 0 aromatic heterocycles. The number of fused-ring (bicyclic) bond motifs is 3. The molecule has 0 saturated carbocycles. The summed E-state index contributed by atoms with van der Waals surface area (Å²) in [5.74, 6) is 0.519. The number of nitrogens with zero attached hydrogens (tertiary/aromatic N) is 1. The van der Waals surface area contributed by atoms with Gasteiger partial charge in [0.25, 0.3) is 0 Å². The highest BCUT2D eigenvalue weighted by Crippen LogP contribution is 2.44. The minimum absolute atomic E-state index is 0.115. The van der Waals surface area contributed by atoms with Crippen LogP contribution in [0.3, 0.4) is 0 Å². The van der Waals surface area contributed by atoms with E-state index >= 15 is 0 Å². The van der Waals surface area contributed by atoms with Crippen molar-refractivity contribution in [1.29, 1.82) is 0 Å². The summed E-state index contributed by atoms with van der Waals surface area (Å²) in [7, 11) is 0. The van der Waals surface area contributed by atoms with Crippen LogP contribution in [0.15, 0.2) is 78.9 Å². The molecule has 1 aliphatic heterocycles. The van der Waals surface area contributed by atoms with Crippen LogP contribution >= 0.6 is 0 Å². The Balaban J connectivity index is 1.28. The molecule has 0 radical (unpaired) electrons. The first-order valence-corrected chi connectivity index (χ1v) is 9.96. The lowest BCUT2D eigenvalue weighted by Gasteiger charge is -2.19. The largest absolute Gasteiger partial charge is 0.448 e. The zero-order valence-electron chi connectivity index (χ0n) is 15.8. The fourth-order valence-corrected chi connectivity index (χ4v) is 4.61. The summed E-state index contributed by atoms with van der Waals surface area (Å²) >= 11 is 0. The Hall–Kier alpha value is -3.07. The summed E-state index contributed by atoms with van der Waals surface area (Å²) in [5, 5.41) is 0. The van der Waals surface area contributed by atoms with Crippen molar-refractivity contribution in [2.75, 3.05) is 19.7 Å². The molecule has 1 amide bonds. The van der Waals surface area contributed by atoms with Crippen molar-refractivity contribution in [3.63, 3.8) is 0 Å². The van der Waals surface area contributed by atoms with Gasteiger partial charge in [0.05, 0.1) is 0 Å². The number of carbonyl (C=O) groups excluding carboxylic acids is 1. The van der Waals surface area contributed by atoms with E-state index in [1.54, 1.807) is 0 Å². The van der Waals surface area contributed by atoms with E-state index in [0.717, 1.165) is 19.5 Å². The van der Waals surface area contributed by atoms with Crippen LogP contribution in [0, 0.1) is 0 Å². The van der Waals surface area contributed by atoms with Gasteiger partial charge in [-0.3, -0.25) is 0 Å². The van der Waals surface area contributed by atoms with Gasteiger partial charge in [0.1, 0.15) is 6.61 Å². The number of carbonyl (C=O) groups is 1. The summed E-state index contributed by atoms with van der Waals surface area (Å²) < 4.78 is 5.79. The Morgan fingerprint density at radius 2 is 1.46 bits per heavy atom. The van der Waals surface area contributed by atoms with Gasteiger partial charge in [-0.15, -0.1) is 0 Å². The van der Waals surface area contributed by atoms with E-state index in [1.807, 2.05) is 11.0 Å². The molecule has 3 aromatic carbocycles. The van der Waals surface area contributed by atoms with Crippen molar-refractivity contribution in [2.45, 2.75) is 18.3 Å². The minimum Gasteiger partial charge on any atom is -0.448 e. The molecule has 5 rings (SSSR count). The average Bonchev–Trinajstić information content (AvgIpc) is 3.37. The number of likely N-dealkylation sites (tertiary alicyclic amines) is 1. The number of hydrogen-bond acceptors (Lipinski definition) is 2. The highest BCUT2D eigenvalue weighted by molar-refractivity contribution is 5.79. The van der Waals surface area contributed by atoms with Gasteiger partial charge in [-0.25, -0.2) is 4.79 Å². The third kappa shape index (κ3) is 2.97. The lowest BCUT2D eigenvalue weighted by molar-refractivity contribution is 0.107. The Labute approximate surface area is 165 Å². The van der Waals surface area contributed by atoms with E-state index in [0.29, 0.717) is 12.5 Å². The SMILES string of the molecule is O=C(OCC1c2ccccc2-c2ccccc21)N1CCC(c2ccccc2)C1. The Bertz CT molecular complexity index is 953. The lowest BCUT2D eigenvalue weighted by atomic mass is 9.98. The molecular weight excluding hydrogens is 346 g/mol. The van der Waals surface area contributed by atoms with Crippen molar-refractivity contribution >= 4 is 6.09 Å². The van der Waals surface area contributed by atoms with E-state index in [-0.39, 0.29) is 12.0 Å². The van der Waals surface area contributed by atoms with Crippen LogP contribution in [0.1, 0.15) is 34.9 Å². The van der Waals surface area contributed by atoms with Gasteiger partial charge >= 0.3 is 6.09 Å². The number of hydrogen-bond donors (Lipinski definition) is 0. The first kappa shape index (κ1) is 17.1. The molecule has 0 N–H and O–H groups in total. The van der Waals surface area contributed by atoms with Gasteiger partial charge in [-0.1, -0.05) is 78.9 Å². The first-order valence-electron chi connectivity index (χ1n) is 9.96. The molecule has 28 heavy (non-hydrogen) atoms. The van der Waals surface area contributed by atoms with Crippen molar-refractivity contribution in [2.24, 2.45) is 0 Å². The predicted octanol–water partition coefficient (Wildman–Crippen LogP) is 5.43. The normalized spacial score (nSPS) is 18.0. The Morgan fingerprint density at radius 1 is 0.857 bits per heavy atom. The van der Waals surface area contributed by atoms with Crippen LogP contribution in [0.2, 0.25) is 0 Å². The second-order valence-corrected chi connectivity index (χ2v) is 7.65. The molecular formula is C25H23NO2. The summed E-state index contributed by atoms with van der Waals surface area (Å²) in [5.41, 5.74) is 6.31. The monoisotopic (exact) mass is 369 g/mol. The number of ether oxygens (including phenoxy) is 1. The molecule has 3 aromatic rings. The number of amides is 1. The van der Waals surface area contributed by atoms with Crippen molar-refractivity contribution in [3.05, 3.63) is 95.6 Å². The van der Waals surface area contributed by atoms with Crippen molar-refractivity contribution < 1.29 is 9.53 Å². The standard InChI is InChI=1S/C25H23NO2/c27-25(26-15-14-19(16-26)18-8-2-1-3-9-18)28-17-24-22-12-6-4-10-20(22)21-11-5-7-13-23(21)24/h1-13,19,24H,14-17H2. The second kappa shape index (κ2) is 7.16. The molecule has 1 atom stereocenters. The third-order valence-electron chi connectivity index (χ3n) is 6.05. The maximum atomic E-state index is 12.7. The van der Waals surface area contributed by atoms with Gasteiger partial charge in [-0.05, 0) is 34.2 Å². The average molecular weight is 369 g/mol. The van der Waals surface area contributed by atoms with Crippen LogP contribution in [0.25, 0.3) is 11.1 Å². The Kier molecular flexibility index (Phi) is 4.36. The molecule has 0 spiro atoms. The van der Waals surface area contributed by atoms with Crippen molar-refractivity contribution in [3.8, 4) is 11.1 Å². The van der Waals surface area contributed by atoms with E-state index in [9.17, 15) is 4.79 Å².